The lowest BCUT2D eigenvalue weighted by molar-refractivity contribution is 0.100. The summed E-state index contributed by atoms with van der Waals surface area (Å²) >= 11 is 1.46. The number of carbonyl (C=O) groups is 1. The molecular weight excluding hydrogens is 260 g/mol. The molecule has 1 aromatic heterocycles. The van der Waals surface area contributed by atoms with Crippen molar-refractivity contribution in [3.05, 3.63) is 52.5 Å². The van der Waals surface area contributed by atoms with Crippen LogP contribution in [0.4, 0.5) is 5.69 Å². The van der Waals surface area contributed by atoms with E-state index in [0.717, 1.165) is 9.92 Å². The number of hydrogen-bond donors (Lipinski definition) is 0. The van der Waals surface area contributed by atoms with E-state index in [1.54, 1.807) is 17.7 Å². The molecule has 0 amide bonds. The number of carbonyl (C=O) groups excluding carboxylic acids is 1. The molecule has 5 nitrogen and oxygen atoms in total. The van der Waals surface area contributed by atoms with Crippen molar-refractivity contribution >= 4 is 23.2 Å². The monoisotopic (exact) mass is 272 g/mol. The van der Waals surface area contributed by atoms with Gasteiger partial charge < -0.3 is 4.57 Å². The molecule has 0 unspecified atom stereocenters. The molecule has 19 heavy (non-hydrogen) atoms. The second-order valence-corrected chi connectivity index (χ2v) is 5.00. The van der Waals surface area contributed by atoms with E-state index < -0.39 is 0 Å². The molecular formula is C13H12N4OS. The van der Waals surface area contributed by atoms with Crippen molar-refractivity contribution in [3.63, 3.8) is 0 Å². The first-order valence-corrected chi connectivity index (χ1v) is 6.43. The van der Waals surface area contributed by atoms with E-state index in [9.17, 15) is 4.79 Å². The summed E-state index contributed by atoms with van der Waals surface area (Å²) in [6.07, 6.45) is 0. The fourth-order valence-corrected chi connectivity index (χ4v) is 2.70. The van der Waals surface area contributed by atoms with E-state index in [1.165, 1.54) is 18.7 Å². The second-order valence-electron chi connectivity index (χ2n) is 3.94. The largest absolute Gasteiger partial charge is 0.336 e. The summed E-state index contributed by atoms with van der Waals surface area (Å²) in [4.78, 5) is 15.4. The van der Waals surface area contributed by atoms with Crippen molar-refractivity contribution in [1.29, 1.82) is 0 Å². The number of benzene rings is 1. The molecule has 0 saturated heterocycles. The van der Waals surface area contributed by atoms with Crippen LogP contribution in [-0.4, -0.2) is 10.4 Å². The fraction of sp³-hybridized carbons (Fsp3) is 0.154. The molecule has 0 aliphatic heterocycles. The summed E-state index contributed by atoms with van der Waals surface area (Å²) in [6.45, 7) is 1.49. The molecule has 2 rings (SSSR count). The highest BCUT2D eigenvalue weighted by Gasteiger charge is 2.15. The number of Topliss-reactive ketones (excluding diaryl/α,β-unsaturated/α-hetero) is 1. The molecule has 0 N–H and O–H groups in total. The van der Waals surface area contributed by atoms with Gasteiger partial charge in [-0.25, -0.2) is 0 Å². The van der Waals surface area contributed by atoms with Crippen molar-refractivity contribution in [2.24, 2.45) is 12.2 Å². The number of hydrogen-bond acceptors (Lipinski definition) is 3. The molecule has 1 aromatic carbocycles. The fourth-order valence-electron chi connectivity index (χ4n) is 1.75. The molecule has 0 fully saturated rings. The van der Waals surface area contributed by atoms with Gasteiger partial charge in [0.15, 0.2) is 5.78 Å². The zero-order valence-electron chi connectivity index (χ0n) is 10.6. The van der Waals surface area contributed by atoms with Crippen LogP contribution in [0, 0.1) is 0 Å². The highest BCUT2D eigenvalue weighted by molar-refractivity contribution is 7.99. The topological polar surface area (TPSA) is 70.8 Å². The highest BCUT2D eigenvalue weighted by Crippen LogP contribution is 2.37. The Kier molecular flexibility index (Phi) is 3.94. The van der Waals surface area contributed by atoms with Gasteiger partial charge in [0.1, 0.15) is 0 Å². The number of azide groups is 1. The Morgan fingerprint density at radius 2 is 2.05 bits per heavy atom. The van der Waals surface area contributed by atoms with Gasteiger partial charge in [-0.15, -0.1) is 0 Å². The summed E-state index contributed by atoms with van der Waals surface area (Å²) in [6, 6.07) is 11.3. The van der Waals surface area contributed by atoms with E-state index in [4.69, 9.17) is 5.53 Å². The van der Waals surface area contributed by atoms with Gasteiger partial charge in [-0.3, -0.25) is 4.79 Å². The molecule has 0 radical (unpaired) electrons. The van der Waals surface area contributed by atoms with Gasteiger partial charge in [-0.05, 0) is 23.7 Å². The van der Waals surface area contributed by atoms with Crippen LogP contribution in [0.15, 0.2) is 51.4 Å². The molecule has 0 bridgehead atoms. The van der Waals surface area contributed by atoms with Crippen molar-refractivity contribution in [2.45, 2.75) is 16.8 Å². The van der Waals surface area contributed by atoms with Crippen molar-refractivity contribution < 1.29 is 4.79 Å². The van der Waals surface area contributed by atoms with E-state index >= 15 is 0 Å². The molecule has 0 aliphatic carbocycles. The lowest BCUT2D eigenvalue weighted by Crippen LogP contribution is -2.01. The van der Waals surface area contributed by atoms with Gasteiger partial charge in [-0.1, -0.05) is 35.1 Å². The van der Waals surface area contributed by atoms with E-state index in [-0.39, 0.29) is 5.78 Å². The minimum absolute atomic E-state index is 0.0585. The van der Waals surface area contributed by atoms with Crippen LogP contribution < -0.4 is 0 Å². The Morgan fingerprint density at radius 3 is 2.63 bits per heavy atom. The van der Waals surface area contributed by atoms with E-state index in [1.807, 2.05) is 30.3 Å². The predicted molar refractivity (Wildman–Crippen MR) is 74.8 cm³/mol. The maximum atomic E-state index is 11.5. The molecule has 2 aromatic rings. The first kappa shape index (κ1) is 13.3. The second kappa shape index (κ2) is 5.65. The van der Waals surface area contributed by atoms with Crippen LogP contribution >= 0.6 is 11.8 Å². The van der Waals surface area contributed by atoms with E-state index in [0.29, 0.717) is 11.4 Å². The molecule has 0 aliphatic rings. The average molecular weight is 272 g/mol. The number of nitrogens with zero attached hydrogens (tertiary/aromatic N) is 4. The zero-order valence-corrected chi connectivity index (χ0v) is 11.4. The molecule has 1 heterocycles. The van der Waals surface area contributed by atoms with E-state index in [2.05, 4.69) is 10.0 Å². The van der Waals surface area contributed by atoms with Crippen LogP contribution in [0.2, 0.25) is 0 Å². The summed E-state index contributed by atoms with van der Waals surface area (Å²) in [5.74, 6) is -0.0585. The Morgan fingerprint density at radius 1 is 1.37 bits per heavy atom. The molecule has 0 saturated carbocycles. The molecule has 0 atom stereocenters. The first-order chi connectivity index (χ1) is 9.13. The lowest BCUT2D eigenvalue weighted by atomic mass is 10.3. The van der Waals surface area contributed by atoms with Crippen LogP contribution in [-0.2, 0) is 7.05 Å². The van der Waals surface area contributed by atoms with Gasteiger partial charge in [0.25, 0.3) is 0 Å². The van der Waals surface area contributed by atoms with Gasteiger partial charge in [0, 0.05) is 23.8 Å². The predicted octanol–water partition coefficient (Wildman–Crippen LogP) is 4.32. The minimum Gasteiger partial charge on any atom is -0.336 e. The smallest absolute Gasteiger partial charge is 0.176 e. The van der Waals surface area contributed by atoms with Crippen LogP contribution in [0.25, 0.3) is 10.4 Å². The van der Waals surface area contributed by atoms with Gasteiger partial charge in [-0.2, -0.15) is 0 Å². The third-order valence-electron chi connectivity index (χ3n) is 2.63. The number of ketones is 1. The minimum atomic E-state index is -0.0585. The Hall–Kier alpha value is -2.17. The first-order valence-electron chi connectivity index (χ1n) is 5.62. The van der Waals surface area contributed by atoms with Crippen LogP contribution in [0.1, 0.15) is 17.4 Å². The van der Waals surface area contributed by atoms with Crippen molar-refractivity contribution in [3.8, 4) is 0 Å². The summed E-state index contributed by atoms with van der Waals surface area (Å²) < 4.78 is 1.75. The Balaban J connectivity index is 2.49. The number of rotatable bonds is 4. The SMILES string of the molecule is CC(=O)c1cc(N=[N+]=[N-])c(Sc2ccccc2)n1C. The zero-order chi connectivity index (χ0) is 13.8. The van der Waals surface area contributed by atoms with Gasteiger partial charge in [0.05, 0.1) is 16.4 Å². The lowest BCUT2D eigenvalue weighted by Gasteiger charge is -2.06. The summed E-state index contributed by atoms with van der Waals surface area (Å²) in [5.41, 5.74) is 9.61. The maximum Gasteiger partial charge on any atom is 0.176 e. The quantitative estimate of drug-likeness (QED) is 0.360. The highest BCUT2D eigenvalue weighted by atomic mass is 32.2. The third kappa shape index (κ3) is 2.81. The third-order valence-corrected chi connectivity index (χ3v) is 3.81. The maximum absolute atomic E-state index is 11.5. The summed E-state index contributed by atoms with van der Waals surface area (Å²) in [7, 11) is 1.79. The normalized spacial score (nSPS) is 10.0. The van der Waals surface area contributed by atoms with Crippen molar-refractivity contribution in [2.75, 3.05) is 0 Å². The van der Waals surface area contributed by atoms with Crippen LogP contribution in [0.5, 0.6) is 0 Å². The summed E-state index contributed by atoms with van der Waals surface area (Å²) in [5, 5.41) is 4.41. The molecule has 96 valence electrons. The number of aromatic nitrogens is 1. The Labute approximate surface area is 114 Å². The Bertz CT molecular complexity index is 657. The van der Waals surface area contributed by atoms with Gasteiger partial charge >= 0.3 is 0 Å². The average Bonchev–Trinajstić information content (AvgIpc) is 2.70. The van der Waals surface area contributed by atoms with Crippen LogP contribution in [0.3, 0.4) is 0 Å². The van der Waals surface area contributed by atoms with Gasteiger partial charge in [0.2, 0.25) is 0 Å². The standard InChI is InChI=1S/C13H12N4OS/c1-9(18)12-8-11(15-16-14)13(17(12)2)19-10-6-4-3-5-7-10/h3-8H,1-2H3. The molecule has 0 spiro atoms. The molecule has 6 heteroatoms. The van der Waals surface area contributed by atoms with Crippen molar-refractivity contribution in [1.82, 2.24) is 4.57 Å².